The molecule has 2 heterocycles. The van der Waals surface area contributed by atoms with E-state index in [2.05, 4.69) is 25.5 Å². The minimum atomic E-state index is 0.480. The predicted octanol–water partition coefficient (Wildman–Crippen LogP) is 2.33. The van der Waals surface area contributed by atoms with Crippen LogP contribution >= 0.6 is 0 Å². The van der Waals surface area contributed by atoms with Crippen molar-refractivity contribution in [1.29, 1.82) is 0 Å². The van der Waals surface area contributed by atoms with Gasteiger partial charge in [-0.05, 0) is 25.8 Å². The van der Waals surface area contributed by atoms with E-state index < -0.39 is 0 Å². The lowest BCUT2D eigenvalue weighted by Crippen LogP contribution is -2.37. The maximum atomic E-state index is 6.29. The summed E-state index contributed by atoms with van der Waals surface area (Å²) in [5, 5.41) is 6.90. The zero-order valence-corrected chi connectivity index (χ0v) is 15.2. The lowest BCUT2D eigenvalue weighted by molar-refractivity contribution is 0.0378. The maximum Gasteiger partial charge on any atom is 0.155 e. The van der Waals surface area contributed by atoms with Crippen LogP contribution in [-0.2, 0) is 4.74 Å². The molecule has 1 aliphatic heterocycles. The van der Waals surface area contributed by atoms with Crippen LogP contribution in [0.4, 0.5) is 17.3 Å². The van der Waals surface area contributed by atoms with Gasteiger partial charge in [0.05, 0.1) is 13.2 Å². The van der Waals surface area contributed by atoms with E-state index in [1.54, 1.807) is 6.33 Å². The van der Waals surface area contributed by atoms with E-state index in [0.717, 1.165) is 57.4 Å². The van der Waals surface area contributed by atoms with Crippen LogP contribution in [-0.4, -0.2) is 60.3 Å². The molecule has 2 aliphatic rings. The van der Waals surface area contributed by atoms with Crippen LogP contribution in [0, 0.1) is 0 Å². The highest BCUT2D eigenvalue weighted by atomic mass is 16.5. The minimum absolute atomic E-state index is 0.480. The Bertz CT molecular complexity index is 512. The number of ether oxygens (including phenoxy) is 1. The van der Waals surface area contributed by atoms with Crippen molar-refractivity contribution in [2.45, 2.75) is 51.0 Å². The first-order valence-electron chi connectivity index (χ1n) is 9.74. The molecule has 7 heteroatoms. The van der Waals surface area contributed by atoms with Gasteiger partial charge in [0, 0.05) is 25.7 Å². The Hall–Kier alpha value is -1.60. The number of aromatic nitrogens is 2. The SMILES string of the molecule is Nc1c(NCCCN2CCOCC2)ncnc1NC1CCCCCC1. The van der Waals surface area contributed by atoms with Gasteiger partial charge in [0.1, 0.15) is 12.0 Å². The number of hydrogen-bond acceptors (Lipinski definition) is 7. The summed E-state index contributed by atoms with van der Waals surface area (Å²) in [6.07, 6.45) is 10.3. The van der Waals surface area contributed by atoms with E-state index in [-0.39, 0.29) is 0 Å². The van der Waals surface area contributed by atoms with Gasteiger partial charge in [-0.25, -0.2) is 9.97 Å². The fraction of sp³-hybridized carbons (Fsp3) is 0.778. The Morgan fingerprint density at radius 1 is 1.08 bits per heavy atom. The van der Waals surface area contributed by atoms with Crippen LogP contribution in [0.15, 0.2) is 6.33 Å². The summed E-state index contributed by atoms with van der Waals surface area (Å²) in [6, 6.07) is 0.480. The Kier molecular flexibility index (Phi) is 7.11. The second-order valence-corrected chi connectivity index (χ2v) is 7.05. The van der Waals surface area contributed by atoms with E-state index in [9.17, 15) is 0 Å². The van der Waals surface area contributed by atoms with E-state index in [1.165, 1.54) is 38.5 Å². The Labute approximate surface area is 150 Å². The van der Waals surface area contributed by atoms with Crippen LogP contribution in [0.1, 0.15) is 44.9 Å². The first-order valence-corrected chi connectivity index (χ1v) is 9.74. The fourth-order valence-corrected chi connectivity index (χ4v) is 3.60. The summed E-state index contributed by atoms with van der Waals surface area (Å²) < 4.78 is 5.38. The number of rotatable bonds is 7. The Morgan fingerprint density at radius 3 is 2.56 bits per heavy atom. The first-order chi connectivity index (χ1) is 12.3. The van der Waals surface area contributed by atoms with Crippen LogP contribution in [0.3, 0.4) is 0 Å². The molecule has 1 aliphatic carbocycles. The number of nitrogen functional groups attached to an aromatic ring is 1. The van der Waals surface area contributed by atoms with Gasteiger partial charge in [0.15, 0.2) is 11.6 Å². The van der Waals surface area contributed by atoms with E-state index >= 15 is 0 Å². The maximum absolute atomic E-state index is 6.29. The van der Waals surface area contributed by atoms with Crippen molar-refractivity contribution in [3.63, 3.8) is 0 Å². The molecule has 1 saturated heterocycles. The number of nitrogens with one attached hydrogen (secondary N) is 2. The first kappa shape index (κ1) is 18.2. The summed E-state index contributed by atoms with van der Waals surface area (Å²) in [5.41, 5.74) is 6.92. The van der Waals surface area contributed by atoms with Gasteiger partial charge in [0.2, 0.25) is 0 Å². The molecule has 140 valence electrons. The highest BCUT2D eigenvalue weighted by Crippen LogP contribution is 2.26. The van der Waals surface area contributed by atoms with Gasteiger partial charge in [-0.15, -0.1) is 0 Å². The molecule has 1 aromatic rings. The highest BCUT2D eigenvalue weighted by molar-refractivity contribution is 5.74. The number of anilines is 3. The highest BCUT2D eigenvalue weighted by Gasteiger charge is 2.15. The summed E-state index contributed by atoms with van der Waals surface area (Å²) in [6.45, 7) is 5.71. The molecule has 0 atom stereocenters. The quantitative estimate of drug-likeness (QED) is 0.515. The molecule has 1 saturated carbocycles. The average Bonchev–Trinajstić information content (AvgIpc) is 2.91. The van der Waals surface area contributed by atoms with Crippen molar-refractivity contribution < 1.29 is 4.74 Å². The summed E-state index contributed by atoms with van der Waals surface area (Å²) >= 11 is 0. The smallest absolute Gasteiger partial charge is 0.155 e. The topological polar surface area (TPSA) is 88.3 Å². The van der Waals surface area contributed by atoms with Crippen molar-refractivity contribution in [2.75, 3.05) is 55.8 Å². The van der Waals surface area contributed by atoms with Crippen LogP contribution < -0.4 is 16.4 Å². The minimum Gasteiger partial charge on any atom is -0.393 e. The number of morpholine rings is 1. The second kappa shape index (κ2) is 9.77. The van der Waals surface area contributed by atoms with Crippen molar-refractivity contribution in [2.24, 2.45) is 0 Å². The van der Waals surface area contributed by atoms with Gasteiger partial charge in [-0.1, -0.05) is 25.7 Å². The average molecular weight is 348 g/mol. The summed E-state index contributed by atoms with van der Waals surface area (Å²) in [7, 11) is 0. The molecule has 0 unspecified atom stereocenters. The lowest BCUT2D eigenvalue weighted by Gasteiger charge is -2.26. The molecule has 0 aromatic carbocycles. The van der Waals surface area contributed by atoms with E-state index in [4.69, 9.17) is 10.5 Å². The standard InChI is InChI=1S/C18H32N6O/c19-16-17(20-8-5-9-24-10-12-25-13-11-24)21-14-22-18(16)23-15-6-3-1-2-4-7-15/h14-15H,1-13,19H2,(H2,20,21,22,23). The molecule has 4 N–H and O–H groups in total. The largest absolute Gasteiger partial charge is 0.393 e. The molecular formula is C18H32N6O. The van der Waals surface area contributed by atoms with Crippen molar-refractivity contribution in [1.82, 2.24) is 14.9 Å². The molecule has 7 nitrogen and oxygen atoms in total. The normalized spacial score (nSPS) is 20.2. The zero-order chi connectivity index (χ0) is 17.3. The molecule has 0 bridgehead atoms. The third-order valence-electron chi connectivity index (χ3n) is 5.13. The third-order valence-corrected chi connectivity index (χ3v) is 5.13. The van der Waals surface area contributed by atoms with Crippen LogP contribution in [0.2, 0.25) is 0 Å². The van der Waals surface area contributed by atoms with Crippen molar-refractivity contribution in [3.8, 4) is 0 Å². The molecule has 25 heavy (non-hydrogen) atoms. The van der Waals surface area contributed by atoms with Crippen LogP contribution in [0.25, 0.3) is 0 Å². The Morgan fingerprint density at radius 2 is 1.80 bits per heavy atom. The van der Waals surface area contributed by atoms with Crippen molar-refractivity contribution in [3.05, 3.63) is 6.33 Å². The second-order valence-electron chi connectivity index (χ2n) is 7.05. The third kappa shape index (κ3) is 5.71. The summed E-state index contributed by atoms with van der Waals surface area (Å²) in [5.74, 6) is 1.52. The molecular weight excluding hydrogens is 316 g/mol. The number of hydrogen-bond donors (Lipinski definition) is 3. The molecule has 0 radical (unpaired) electrons. The van der Waals surface area contributed by atoms with Gasteiger partial charge in [0.25, 0.3) is 0 Å². The zero-order valence-electron chi connectivity index (χ0n) is 15.2. The van der Waals surface area contributed by atoms with Gasteiger partial charge < -0.3 is 21.1 Å². The van der Waals surface area contributed by atoms with Crippen LogP contribution in [0.5, 0.6) is 0 Å². The van der Waals surface area contributed by atoms with Crippen molar-refractivity contribution >= 4 is 17.3 Å². The van der Waals surface area contributed by atoms with Gasteiger partial charge in [-0.2, -0.15) is 0 Å². The van der Waals surface area contributed by atoms with E-state index in [1.807, 2.05) is 0 Å². The molecule has 1 aromatic heterocycles. The number of nitrogens with two attached hydrogens (primary N) is 1. The molecule has 2 fully saturated rings. The predicted molar refractivity (Wildman–Crippen MR) is 102 cm³/mol. The number of nitrogens with zero attached hydrogens (tertiary/aromatic N) is 3. The monoisotopic (exact) mass is 348 g/mol. The fourth-order valence-electron chi connectivity index (χ4n) is 3.60. The molecule has 3 rings (SSSR count). The lowest BCUT2D eigenvalue weighted by atomic mass is 10.1. The van der Waals surface area contributed by atoms with E-state index in [0.29, 0.717) is 11.7 Å². The van der Waals surface area contributed by atoms with Gasteiger partial charge in [-0.3, -0.25) is 4.90 Å². The molecule has 0 amide bonds. The summed E-state index contributed by atoms with van der Waals surface area (Å²) in [4.78, 5) is 11.1. The van der Waals surface area contributed by atoms with Gasteiger partial charge >= 0.3 is 0 Å². The molecule has 0 spiro atoms. The Balaban J connectivity index is 1.46.